The van der Waals surface area contributed by atoms with Crippen molar-refractivity contribution in [2.45, 2.75) is 32.2 Å². The number of nitrogen functional groups attached to an aromatic ring is 1. The second kappa shape index (κ2) is 9.79. The fourth-order valence-corrected chi connectivity index (χ4v) is 5.37. The molecule has 1 aliphatic heterocycles. The number of nitrogens with one attached hydrogen (secondary N) is 1. The van der Waals surface area contributed by atoms with Crippen molar-refractivity contribution in [2.75, 3.05) is 12.3 Å². The predicted octanol–water partition coefficient (Wildman–Crippen LogP) is 4.50. The van der Waals surface area contributed by atoms with Crippen LogP contribution in [0.15, 0.2) is 65.7 Å². The zero-order valence-corrected chi connectivity index (χ0v) is 21.9. The van der Waals surface area contributed by atoms with Gasteiger partial charge in [0.1, 0.15) is 22.9 Å². The highest BCUT2D eigenvalue weighted by Crippen LogP contribution is 2.34. The summed E-state index contributed by atoms with van der Waals surface area (Å²) in [5.41, 5.74) is 10.8. The maximum atomic E-state index is 13.3. The molecule has 0 fully saturated rings. The molecular weight excluding hydrogens is 504 g/mol. The number of nitrogens with zero attached hydrogens (tertiary/aromatic N) is 2. The molecule has 3 heterocycles. The van der Waals surface area contributed by atoms with Gasteiger partial charge in [-0.2, -0.15) is 8.42 Å². The molecule has 0 bridgehead atoms. The van der Waals surface area contributed by atoms with Crippen molar-refractivity contribution in [2.24, 2.45) is 0 Å². The topological polar surface area (TPSA) is 134 Å². The smallest absolute Gasteiger partial charge is 0.281 e. The van der Waals surface area contributed by atoms with Crippen LogP contribution >= 0.6 is 0 Å². The molecule has 0 unspecified atom stereocenters. The average Bonchev–Trinajstić information content (AvgIpc) is 3.34. The van der Waals surface area contributed by atoms with E-state index in [1.54, 1.807) is 6.07 Å². The number of carbonyl (C=O) groups is 1. The molecule has 2 aromatic heterocycles. The number of nitrogens with two attached hydrogens (primary N) is 1. The van der Waals surface area contributed by atoms with Crippen LogP contribution in [0.1, 0.15) is 32.6 Å². The van der Waals surface area contributed by atoms with Gasteiger partial charge in [-0.1, -0.05) is 23.8 Å². The standard InChI is InChI=1S/C28H26N4O5S/c1-16-13-17(2)26(18(3)14-16)37-28-21(27(33)32-38(34,35)25-6-4-5-24(29)31-25)8-9-22(30-28)19-7-10-23-20(15-19)11-12-36-23/h4-10,13-15H,11-12H2,1-3H3,(H2,29,31)(H,32,33). The Labute approximate surface area is 220 Å². The monoisotopic (exact) mass is 530 g/mol. The summed E-state index contributed by atoms with van der Waals surface area (Å²) in [6.45, 7) is 6.40. The van der Waals surface area contributed by atoms with Gasteiger partial charge in [-0.25, -0.2) is 14.7 Å². The Hall–Kier alpha value is -4.44. The number of amides is 1. The van der Waals surface area contributed by atoms with E-state index in [4.69, 9.17) is 15.2 Å². The van der Waals surface area contributed by atoms with Crippen LogP contribution in [0, 0.1) is 20.8 Å². The summed E-state index contributed by atoms with van der Waals surface area (Å²) in [5.74, 6) is 0.459. The van der Waals surface area contributed by atoms with Crippen LogP contribution in [0.2, 0.25) is 0 Å². The van der Waals surface area contributed by atoms with Gasteiger partial charge in [0.15, 0.2) is 5.03 Å². The van der Waals surface area contributed by atoms with Gasteiger partial charge in [0.05, 0.1) is 12.3 Å². The molecule has 10 heteroatoms. The molecule has 0 spiro atoms. The largest absolute Gasteiger partial charge is 0.493 e. The predicted molar refractivity (Wildman–Crippen MR) is 143 cm³/mol. The van der Waals surface area contributed by atoms with Crippen LogP contribution in [0.5, 0.6) is 17.4 Å². The lowest BCUT2D eigenvalue weighted by Crippen LogP contribution is -2.31. The number of aryl methyl sites for hydroxylation is 3. The van der Waals surface area contributed by atoms with E-state index in [9.17, 15) is 13.2 Å². The number of benzene rings is 2. The molecule has 5 rings (SSSR count). The fraction of sp³-hybridized carbons (Fsp3) is 0.179. The second-order valence-electron chi connectivity index (χ2n) is 9.14. The van der Waals surface area contributed by atoms with Gasteiger partial charge in [-0.15, -0.1) is 0 Å². The van der Waals surface area contributed by atoms with E-state index in [-0.39, 0.29) is 22.3 Å². The minimum atomic E-state index is -4.30. The molecule has 0 saturated heterocycles. The highest BCUT2D eigenvalue weighted by Gasteiger charge is 2.25. The molecule has 1 amide bonds. The molecule has 9 nitrogen and oxygen atoms in total. The van der Waals surface area contributed by atoms with E-state index in [0.717, 1.165) is 40.0 Å². The van der Waals surface area contributed by atoms with Gasteiger partial charge >= 0.3 is 0 Å². The molecule has 194 valence electrons. The average molecular weight is 531 g/mol. The zero-order valence-electron chi connectivity index (χ0n) is 21.1. The van der Waals surface area contributed by atoms with Crippen molar-refractivity contribution in [3.05, 3.63) is 88.5 Å². The zero-order chi connectivity index (χ0) is 27.0. The number of pyridine rings is 2. The second-order valence-corrected chi connectivity index (χ2v) is 10.8. The Bertz CT molecular complexity index is 1660. The summed E-state index contributed by atoms with van der Waals surface area (Å²) in [6.07, 6.45) is 0.796. The fourth-order valence-electron chi connectivity index (χ4n) is 4.43. The van der Waals surface area contributed by atoms with E-state index < -0.39 is 15.9 Å². The lowest BCUT2D eigenvalue weighted by Gasteiger charge is -2.16. The highest BCUT2D eigenvalue weighted by atomic mass is 32.2. The van der Waals surface area contributed by atoms with Gasteiger partial charge < -0.3 is 15.2 Å². The number of ether oxygens (including phenoxy) is 2. The van der Waals surface area contributed by atoms with Crippen molar-refractivity contribution in [1.29, 1.82) is 0 Å². The van der Waals surface area contributed by atoms with Crippen molar-refractivity contribution >= 4 is 21.7 Å². The number of anilines is 1. The minimum Gasteiger partial charge on any atom is -0.493 e. The lowest BCUT2D eigenvalue weighted by molar-refractivity contribution is 0.0978. The van der Waals surface area contributed by atoms with Gasteiger partial charge in [-0.05, 0) is 79.9 Å². The van der Waals surface area contributed by atoms with Crippen LogP contribution in [-0.2, 0) is 16.4 Å². The van der Waals surface area contributed by atoms with E-state index in [0.29, 0.717) is 18.1 Å². The number of rotatable bonds is 6. The quantitative estimate of drug-likeness (QED) is 0.372. The van der Waals surface area contributed by atoms with Crippen LogP contribution in [0.4, 0.5) is 5.82 Å². The third-order valence-electron chi connectivity index (χ3n) is 6.14. The Morgan fingerprint density at radius 1 is 1.00 bits per heavy atom. The molecule has 0 radical (unpaired) electrons. The molecule has 0 aliphatic carbocycles. The Kier molecular flexibility index (Phi) is 6.50. The molecule has 0 atom stereocenters. The van der Waals surface area contributed by atoms with Gasteiger partial charge in [0.2, 0.25) is 5.88 Å². The first kappa shape index (κ1) is 25.2. The maximum Gasteiger partial charge on any atom is 0.281 e. The Balaban J connectivity index is 1.56. The molecule has 38 heavy (non-hydrogen) atoms. The first-order valence-electron chi connectivity index (χ1n) is 11.9. The third-order valence-corrected chi connectivity index (χ3v) is 7.37. The van der Waals surface area contributed by atoms with E-state index in [1.807, 2.05) is 51.1 Å². The van der Waals surface area contributed by atoms with Crippen molar-refractivity contribution in [3.63, 3.8) is 0 Å². The Morgan fingerprint density at radius 2 is 1.76 bits per heavy atom. The molecule has 2 aromatic carbocycles. The van der Waals surface area contributed by atoms with E-state index >= 15 is 0 Å². The van der Waals surface area contributed by atoms with Crippen molar-refractivity contribution in [1.82, 2.24) is 14.7 Å². The number of hydrogen-bond donors (Lipinski definition) is 2. The molecule has 3 N–H and O–H groups in total. The van der Waals surface area contributed by atoms with E-state index in [1.165, 1.54) is 24.3 Å². The summed E-state index contributed by atoms with van der Waals surface area (Å²) >= 11 is 0. The van der Waals surface area contributed by atoms with Crippen LogP contribution < -0.4 is 19.9 Å². The maximum absolute atomic E-state index is 13.3. The molecular formula is C28H26N4O5S. The first-order chi connectivity index (χ1) is 18.1. The summed E-state index contributed by atoms with van der Waals surface area (Å²) in [4.78, 5) is 21.7. The number of aromatic nitrogens is 2. The lowest BCUT2D eigenvalue weighted by atomic mass is 10.0. The SMILES string of the molecule is Cc1cc(C)c(Oc2nc(-c3ccc4c(c3)CCO4)ccc2C(=O)NS(=O)(=O)c2cccc(N)n2)c(C)c1. The normalized spacial score (nSPS) is 12.5. The van der Waals surface area contributed by atoms with Gasteiger partial charge in [0.25, 0.3) is 15.9 Å². The van der Waals surface area contributed by atoms with Crippen molar-refractivity contribution in [3.8, 4) is 28.6 Å². The van der Waals surface area contributed by atoms with Gasteiger partial charge in [0, 0.05) is 12.0 Å². The molecule has 4 aromatic rings. The van der Waals surface area contributed by atoms with Crippen molar-refractivity contribution < 1.29 is 22.7 Å². The minimum absolute atomic E-state index is 0.0143. The summed E-state index contributed by atoms with van der Waals surface area (Å²) in [6, 6.07) is 17.0. The third kappa shape index (κ3) is 5.03. The van der Waals surface area contributed by atoms with Crippen LogP contribution in [-0.4, -0.2) is 30.9 Å². The molecule has 0 saturated carbocycles. The number of sulfonamides is 1. The number of hydrogen-bond acceptors (Lipinski definition) is 8. The van der Waals surface area contributed by atoms with Gasteiger partial charge in [-0.3, -0.25) is 4.79 Å². The van der Waals surface area contributed by atoms with Crippen LogP contribution in [0.25, 0.3) is 11.3 Å². The number of fused-ring (bicyclic) bond motifs is 1. The molecule has 1 aliphatic rings. The van der Waals surface area contributed by atoms with Crippen LogP contribution in [0.3, 0.4) is 0 Å². The Morgan fingerprint density at radius 3 is 2.50 bits per heavy atom. The summed E-state index contributed by atoms with van der Waals surface area (Å²) in [5, 5.41) is -0.372. The highest BCUT2D eigenvalue weighted by molar-refractivity contribution is 7.90. The summed E-state index contributed by atoms with van der Waals surface area (Å²) < 4.78 is 39.6. The number of carbonyl (C=O) groups excluding carboxylic acids is 1. The van der Waals surface area contributed by atoms with E-state index in [2.05, 4.69) is 14.7 Å². The summed E-state index contributed by atoms with van der Waals surface area (Å²) in [7, 11) is -4.30. The first-order valence-corrected chi connectivity index (χ1v) is 13.4.